The van der Waals surface area contributed by atoms with Crippen LogP contribution in [0, 0.1) is 5.92 Å². The van der Waals surface area contributed by atoms with Gasteiger partial charge in [0.15, 0.2) is 0 Å². The second-order valence-corrected chi connectivity index (χ2v) is 7.88. The van der Waals surface area contributed by atoms with Gasteiger partial charge in [-0.05, 0) is 36.0 Å². The molecule has 2 unspecified atom stereocenters. The average molecular weight is 343 g/mol. The summed E-state index contributed by atoms with van der Waals surface area (Å²) in [4.78, 5) is 12.1. The van der Waals surface area contributed by atoms with E-state index in [0.29, 0.717) is 11.7 Å². The first-order chi connectivity index (χ1) is 11.5. The van der Waals surface area contributed by atoms with E-state index in [0.717, 1.165) is 29.5 Å². The molecule has 24 heavy (non-hydrogen) atoms. The summed E-state index contributed by atoms with van der Waals surface area (Å²) in [5.41, 5.74) is 3.23. The van der Waals surface area contributed by atoms with Crippen molar-refractivity contribution in [1.29, 1.82) is 0 Å². The van der Waals surface area contributed by atoms with E-state index < -0.39 is 10.7 Å². The quantitative estimate of drug-likeness (QED) is 0.687. The van der Waals surface area contributed by atoms with E-state index in [1.165, 1.54) is 11.8 Å². The summed E-state index contributed by atoms with van der Waals surface area (Å²) in [5, 5.41) is 9.96. The van der Waals surface area contributed by atoms with Gasteiger partial charge < -0.3 is 5.11 Å². The topological polar surface area (TPSA) is 37.3 Å². The highest BCUT2D eigenvalue weighted by atomic mass is 32.2. The number of carboxylic acid groups (broad SMARTS) is 1. The Kier molecular flexibility index (Phi) is 6.50. The van der Waals surface area contributed by atoms with Crippen molar-refractivity contribution >= 4 is 17.7 Å². The van der Waals surface area contributed by atoms with Crippen LogP contribution in [0.2, 0.25) is 0 Å². The molecule has 0 spiro atoms. The lowest BCUT2D eigenvalue weighted by Gasteiger charge is -2.28. The Bertz CT molecular complexity index is 669. The highest BCUT2D eigenvalue weighted by Crippen LogP contribution is 2.40. The molecular weight excluding hydrogens is 316 g/mol. The minimum Gasteiger partial charge on any atom is -0.480 e. The first-order valence-electron chi connectivity index (χ1n) is 8.47. The summed E-state index contributed by atoms with van der Waals surface area (Å²) < 4.78 is -0.945. The molecule has 0 radical (unpaired) electrons. The van der Waals surface area contributed by atoms with E-state index in [4.69, 9.17) is 0 Å². The molecule has 0 saturated carbocycles. The molecular formula is C21H26O2S. The number of carbonyl (C=O) groups is 1. The van der Waals surface area contributed by atoms with E-state index in [1.54, 1.807) is 0 Å². The van der Waals surface area contributed by atoms with Gasteiger partial charge in [0, 0.05) is 5.75 Å². The molecule has 0 amide bonds. The van der Waals surface area contributed by atoms with Gasteiger partial charge >= 0.3 is 5.97 Å². The van der Waals surface area contributed by atoms with Crippen molar-refractivity contribution in [3.63, 3.8) is 0 Å². The van der Waals surface area contributed by atoms with Crippen molar-refractivity contribution in [2.75, 3.05) is 0 Å². The van der Waals surface area contributed by atoms with E-state index >= 15 is 0 Å². The van der Waals surface area contributed by atoms with E-state index in [9.17, 15) is 9.90 Å². The molecule has 2 atom stereocenters. The molecule has 0 fully saturated rings. The van der Waals surface area contributed by atoms with Crippen molar-refractivity contribution in [1.82, 2.24) is 0 Å². The van der Waals surface area contributed by atoms with Crippen LogP contribution in [0.3, 0.4) is 0 Å². The Morgan fingerprint density at radius 1 is 1.12 bits per heavy atom. The molecule has 2 aromatic rings. The van der Waals surface area contributed by atoms with Gasteiger partial charge in [-0.3, -0.25) is 4.79 Å². The molecule has 2 aromatic carbocycles. The maximum Gasteiger partial charge on any atom is 0.324 e. The van der Waals surface area contributed by atoms with Crippen molar-refractivity contribution in [2.24, 2.45) is 5.92 Å². The fraction of sp³-hybridized carbons (Fsp3) is 0.381. The molecule has 0 aromatic heterocycles. The van der Waals surface area contributed by atoms with Crippen molar-refractivity contribution in [2.45, 2.75) is 44.1 Å². The Balaban J connectivity index is 2.31. The smallest absolute Gasteiger partial charge is 0.324 e. The molecule has 0 bridgehead atoms. The Hall–Kier alpha value is -1.74. The molecule has 0 saturated heterocycles. The van der Waals surface area contributed by atoms with Crippen LogP contribution in [0.5, 0.6) is 0 Å². The fourth-order valence-electron chi connectivity index (χ4n) is 2.74. The van der Waals surface area contributed by atoms with Gasteiger partial charge in [0.2, 0.25) is 0 Å². The summed E-state index contributed by atoms with van der Waals surface area (Å²) in [5.74, 6) is 0.449. The Labute approximate surface area is 149 Å². The lowest BCUT2D eigenvalue weighted by molar-refractivity contribution is -0.139. The number of rotatable bonds is 8. The SMILES string of the molecule is CCC(C)Cc1ccccc1C(C)(SCc1ccccc1)C(=O)O. The molecule has 0 aliphatic carbocycles. The van der Waals surface area contributed by atoms with Crippen LogP contribution in [0.15, 0.2) is 54.6 Å². The highest BCUT2D eigenvalue weighted by molar-refractivity contribution is 8.00. The Morgan fingerprint density at radius 2 is 1.75 bits per heavy atom. The Morgan fingerprint density at radius 3 is 2.38 bits per heavy atom. The highest BCUT2D eigenvalue weighted by Gasteiger charge is 2.37. The number of benzene rings is 2. The van der Waals surface area contributed by atoms with Gasteiger partial charge in [0.25, 0.3) is 0 Å². The molecule has 0 aliphatic rings. The molecule has 2 rings (SSSR count). The zero-order chi connectivity index (χ0) is 17.6. The molecule has 128 valence electrons. The summed E-state index contributed by atoms with van der Waals surface area (Å²) in [6, 6.07) is 18.0. The fourth-order valence-corrected chi connectivity index (χ4v) is 3.87. The van der Waals surface area contributed by atoms with E-state index in [1.807, 2.05) is 55.5 Å². The van der Waals surface area contributed by atoms with Gasteiger partial charge in [-0.1, -0.05) is 74.9 Å². The van der Waals surface area contributed by atoms with E-state index in [2.05, 4.69) is 19.9 Å². The second-order valence-electron chi connectivity index (χ2n) is 6.49. The number of hydrogen-bond donors (Lipinski definition) is 1. The third-order valence-corrected chi connectivity index (χ3v) is 6.02. The largest absolute Gasteiger partial charge is 0.480 e. The van der Waals surface area contributed by atoms with Crippen molar-refractivity contribution in [3.8, 4) is 0 Å². The van der Waals surface area contributed by atoms with Crippen LogP contribution in [-0.2, 0) is 21.7 Å². The molecule has 1 N–H and O–H groups in total. The van der Waals surface area contributed by atoms with Gasteiger partial charge in [-0.15, -0.1) is 11.8 Å². The maximum atomic E-state index is 12.1. The van der Waals surface area contributed by atoms with Gasteiger partial charge in [0.05, 0.1) is 0 Å². The van der Waals surface area contributed by atoms with E-state index in [-0.39, 0.29) is 0 Å². The van der Waals surface area contributed by atoms with Crippen LogP contribution in [0.25, 0.3) is 0 Å². The monoisotopic (exact) mass is 342 g/mol. The van der Waals surface area contributed by atoms with Crippen molar-refractivity contribution in [3.05, 3.63) is 71.3 Å². The lowest BCUT2D eigenvalue weighted by Crippen LogP contribution is -2.30. The summed E-state index contributed by atoms with van der Waals surface area (Å²) >= 11 is 1.49. The van der Waals surface area contributed by atoms with Crippen LogP contribution in [-0.4, -0.2) is 11.1 Å². The number of aliphatic carboxylic acids is 1. The van der Waals surface area contributed by atoms with Crippen LogP contribution >= 0.6 is 11.8 Å². The van der Waals surface area contributed by atoms with Gasteiger partial charge in [-0.25, -0.2) is 0 Å². The van der Waals surface area contributed by atoms with Crippen LogP contribution in [0.4, 0.5) is 0 Å². The number of carboxylic acids is 1. The van der Waals surface area contributed by atoms with Gasteiger partial charge in [0.1, 0.15) is 4.75 Å². The zero-order valence-electron chi connectivity index (χ0n) is 14.7. The summed E-state index contributed by atoms with van der Waals surface area (Å²) in [6.45, 7) is 6.22. The lowest BCUT2D eigenvalue weighted by atomic mass is 9.89. The normalized spacial score (nSPS) is 14.8. The van der Waals surface area contributed by atoms with Crippen molar-refractivity contribution < 1.29 is 9.90 Å². The average Bonchev–Trinajstić information content (AvgIpc) is 2.60. The summed E-state index contributed by atoms with van der Waals surface area (Å²) in [7, 11) is 0. The second kappa shape index (κ2) is 8.39. The minimum absolute atomic E-state index is 0.545. The predicted octanol–water partition coefficient (Wildman–Crippen LogP) is 5.51. The molecule has 0 aliphatic heterocycles. The third-order valence-electron chi connectivity index (χ3n) is 4.58. The number of hydrogen-bond acceptors (Lipinski definition) is 2. The molecule has 0 heterocycles. The van der Waals surface area contributed by atoms with Gasteiger partial charge in [-0.2, -0.15) is 0 Å². The first-order valence-corrected chi connectivity index (χ1v) is 9.45. The molecule has 3 heteroatoms. The molecule has 2 nitrogen and oxygen atoms in total. The number of thioether (sulfide) groups is 1. The predicted molar refractivity (Wildman–Crippen MR) is 102 cm³/mol. The maximum absolute atomic E-state index is 12.1. The third kappa shape index (κ3) is 4.41. The summed E-state index contributed by atoms with van der Waals surface area (Å²) in [6.07, 6.45) is 2.01. The van der Waals surface area contributed by atoms with Crippen LogP contribution < -0.4 is 0 Å². The zero-order valence-corrected chi connectivity index (χ0v) is 15.5. The minimum atomic E-state index is -0.945. The standard InChI is InChI=1S/C21H26O2S/c1-4-16(2)14-18-12-8-9-13-19(18)21(3,20(22)23)24-15-17-10-6-5-7-11-17/h5-13,16H,4,14-15H2,1-3H3,(H,22,23). The van der Waals surface area contributed by atoms with Crippen LogP contribution in [0.1, 0.15) is 43.9 Å². The first kappa shape index (κ1) is 18.6.